The second-order valence-corrected chi connectivity index (χ2v) is 9.09. The van der Waals surface area contributed by atoms with E-state index in [1.165, 1.54) is 0 Å². The number of carbonyl (C=O) groups is 1. The number of hydrogen-bond acceptors (Lipinski definition) is 4. The van der Waals surface area contributed by atoms with Crippen molar-refractivity contribution in [3.8, 4) is 0 Å². The number of carbonyl (C=O) groups excluding carboxylic acids is 1. The van der Waals surface area contributed by atoms with Crippen LogP contribution in [0.25, 0.3) is 0 Å². The lowest BCUT2D eigenvalue weighted by atomic mass is 9.80. The fourth-order valence-electron chi connectivity index (χ4n) is 3.27. The predicted molar refractivity (Wildman–Crippen MR) is 96.1 cm³/mol. The molecule has 138 valence electrons. The number of hydrogen-bond donors (Lipinski definition) is 0. The third kappa shape index (κ3) is 4.66. The lowest BCUT2D eigenvalue weighted by molar-refractivity contribution is 0.00578. The third-order valence-electron chi connectivity index (χ3n) is 5.29. The largest absolute Gasteiger partial charge is 0.457 e. The lowest BCUT2D eigenvalue weighted by Gasteiger charge is -2.37. The van der Waals surface area contributed by atoms with Crippen molar-refractivity contribution in [3.05, 3.63) is 0 Å². The highest BCUT2D eigenvalue weighted by molar-refractivity contribution is 6.45. The smallest absolute Gasteiger partial charge is 0.444 e. The number of nitrogens with zero attached hydrogens (tertiary/aromatic N) is 1. The summed E-state index contributed by atoms with van der Waals surface area (Å²) in [6.45, 7) is 14.8. The Balaban J connectivity index is 1.91. The third-order valence-corrected chi connectivity index (χ3v) is 5.29. The molecule has 2 heterocycles. The highest BCUT2D eigenvalue weighted by atomic mass is 16.7. The van der Waals surface area contributed by atoms with E-state index in [-0.39, 0.29) is 30.5 Å². The van der Waals surface area contributed by atoms with E-state index < -0.39 is 5.60 Å². The minimum Gasteiger partial charge on any atom is -0.444 e. The van der Waals surface area contributed by atoms with Gasteiger partial charge in [0.25, 0.3) is 0 Å². The molecule has 0 aromatic heterocycles. The molecular formula is C18H34BNO4. The summed E-state index contributed by atoms with van der Waals surface area (Å²) >= 11 is 0. The van der Waals surface area contributed by atoms with E-state index in [1.807, 2.05) is 25.7 Å². The molecular weight excluding hydrogens is 305 g/mol. The molecule has 0 N–H and O–H groups in total. The fourth-order valence-corrected chi connectivity index (χ4v) is 3.27. The molecule has 0 spiro atoms. The monoisotopic (exact) mass is 339 g/mol. The van der Waals surface area contributed by atoms with Gasteiger partial charge in [0, 0.05) is 12.6 Å². The standard InChI is InChI=1S/C18H34BNO4/c1-16(2,3)22-15(21)20-13-9-8-10-14(20)11-12-19-23-17(4,5)18(6,7)24-19/h14H,8-13H2,1-7H3. The van der Waals surface area contributed by atoms with Crippen LogP contribution in [0.1, 0.15) is 74.1 Å². The van der Waals surface area contributed by atoms with Gasteiger partial charge in [0.05, 0.1) is 11.2 Å². The molecule has 0 saturated carbocycles. The summed E-state index contributed by atoms with van der Waals surface area (Å²) in [6.07, 6.45) is 4.73. The van der Waals surface area contributed by atoms with E-state index in [4.69, 9.17) is 14.0 Å². The lowest BCUT2D eigenvalue weighted by Crippen LogP contribution is -2.46. The van der Waals surface area contributed by atoms with E-state index in [0.717, 1.165) is 38.5 Å². The zero-order chi connectivity index (χ0) is 18.2. The van der Waals surface area contributed by atoms with E-state index in [1.54, 1.807) is 0 Å². The van der Waals surface area contributed by atoms with E-state index in [0.29, 0.717) is 0 Å². The van der Waals surface area contributed by atoms with E-state index in [2.05, 4.69) is 27.7 Å². The average Bonchev–Trinajstić information content (AvgIpc) is 2.63. The molecule has 2 aliphatic heterocycles. The van der Waals surface area contributed by atoms with Gasteiger partial charge in [-0.2, -0.15) is 0 Å². The minimum atomic E-state index is -0.454. The number of piperidine rings is 1. The van der Waals surface area contributed by atoms with Crippen LogP contribution in [0.3, 0.4) is 0 Å². The van der Waals surface area contributed by atoms with Gasteiger partial charge in [-0.05, 0) is 80.5 Å². The Bertz CT molecular complexity index is 442. The van der Waals surface area contributed by atoms with Gasteiger partial charge < -0.3 is 18.9 Å². The normalized spacial score (nSPS) is 26.5. The maximum atomic E-state index is 12.5. The summed E-state index contributed by atoms with van der Waals surface area (Å²) in [7, 11) is -0.197. The van der Waals surface area contributed by atoms with Crippen molar-refractivity contribution in [2.24, 2.45) is 0 Å². The second kappa shape index (κ2) is 6.87. The summed E-state index contributed by atoms with van der Waals surface area (Å²) in [5.41, 5.74) is -1.05. The van der Waals surface area contributed by atoms with Gasteiger partial charge in [0.2, 0.25) is 0 Å². The topological polar surface area (TPSA) is 48.0 Å². The van der Waals surface area contributed by atoms with Gasteiger partial charge in [0.15, 0.2) is 0 Å². The van der Waals surface area contributed by atoms with Crippen molar-refractivity contribution in [2.45, 2.75) is 103 Å². The van der Waals surface area contributed by atoms with Crippen LogP contribution in [0.4, 0.5) is 4.79 Å². The van der Waals surface area contributed by atoms with Crippen molar-refractivity contribution >= 4 is 13.2 Å². The van der Waals surface area contributed by atoms with Crippen molar-refractivity contribution in [2.75, 3.05) is 6.54 Å². The molecule has 0 radical (unpaired) electrons. The molecule has 0 aliphatic carbocycles. The van der Waals surface area contributed by atoms with Crippen LogP contribution in [0.15, 0.2) is 0 Å². The molecule has 2 aliphatic rings. The van der Waals surface area contributed by atoms with Crippen LogP contribution in [-0.2, 0) is 14.0 Å². The number of likely N-dealkylation sites (tertiary alicyclic amines) is 1. The molecule has 0 aromatic rings. The van der Waals surface area contributed by atoms with Gasteiger partial charge in [-0.3, -0.25) is 0 Å². The van der Waals surface area contributed by atoms with Gasteiger partial charge in [-0.15, -0.1) is 0 Å². The zero-order valence-corrected chi connectivity index (χ0v) is 16.5. The Morgan fingerprint density at radius 3 is 2.29 bits per heavy atom. The van der Waals surface area contributed by atoms with Gasteiger partial charge in [-0.1, -0.05) is 0 Å². The molecule has 5 nitrogen and oxygen atoms in total. The summed E-state index contributed by atoms with van der Waals surface area (Å²) in [5, 5.41) is 0. The molecule has 1 amide bonds. The fraction of sp³-hybridized carbons (Fsp3) is 0.944. The van der Waals surface area contributed by atoms with Crippen LogP contribution in [0, 0.1) is 0 Å². The first-order valence-corrected chi connectivity index (χ1v) is 9.26. The highest BCUT2D eigenvalue weighted by Crippen LogP contribution is 2.38. The molecule has 2 saturated heterocycles. The molecule has 24 heavy (non-hydrogen) atoms. The Morgan fingerprint density at radius 1 is 1.17 bits per heavy atom. The number of rotatable bonds is 3. The Hall–Kier alpha value is -0.745. The average molecular weight is 339 g/mol. The molecule has 1 atom stereocenters. The number of ether oxygens (including phenoxy) is 1. The SMILES string of the molecule is CC(C)(C)OC(=O)N1CCCCC1CCB1OC(C)(C)C(C)(C)O1. The van der Waals surface area contributed by atoms with Crippen molar-refractivity contribution in [3.63, 3.8) is 0 Å². The Labute approximate surface area is 147 Å². The molecule has 2 rings (SSSR count). The van der Waals surface area contributed by atoms with Crippen LogP contribution in [0.5, 0.6) is 0 Å². The predicted octanol–water partition coefficient (Wildman–Crippen LogP) is 4.26. The highest BCUT2D eigenvalue weighted by Gasteiger charge is 2.50. The first kappa shape index (κ1) is 19.6. The first-order chi connectivity index (χ1) is 10.9. The van der Waals surface area contributed by atoms with Crippen molar-refractivity contribution in [1.29, 1.82) is 0 Å². The van der Waals surface area contributed by atoms with Crippen LogP contribution in [-0.4, -0.2) is 47.5 Å². The maximum absolute atomic E-state index is 12.5. The van der Waals surface area contributed by atoms with Crippen LogP contribution < -0.4 is 0 Å². The van der Waals surface area contributed by atoms with Gasteiger partial charge >= 0.3 is 13.2 Å². The quantitative estimate of drug-likeness (QED) is 0.721. The first-order valence-electron chi connectivity index (χ1n) is 9.26. The summed E-state index contributed by atoms with van der Waals surface area (Å²) in [5.74, 6) is 0. The molecule has 1 unspecified atom stereocenters. The minimum absolute atomic E-state index is 0.193. The summed E-state index contributed by atoms with van der Waals surface area (Å²) < 4.78 is 17.7. The Kier molecular flexibility index (Phi) is 5.60. The van der Waals surface area contributed by atoms with Gasteiger partial charge in [0.1, 0.15) is 5.60 Å². The maximum Gasteiger partial charge on any atom is 0.457 e. The van der Waals surface area contributed by atoms with Crippen LogP contribution in [0.2, 0.25) is 6.32 Å². The molecule has 2 fully saturated rings. The van der Waals surface area contributed by atoms with Gasteiger partial charge in [-0.25, -0.2) is 4.79 Å². The number of amides is 1. The second-order valence-electron chi connectivity index (χ2n) is 9.09. The molecule has 6 heteroatoms. The molecule has 0 bridgehead atoms. The van der Waals surface area contributed by atoms with Crippen LogP contribution >= 0.6 is 0 Å². The van der Waals surface area contributed by atoms with E-state index in [9.17, 15) is 4.79 Å². The summed E-state index contributed by atoms with van der Waals surface area (Å²) in [6, 6.07) is 0.215. The zero-order valence-electron chi connectivity index (χ0n) is 16.5. The summed E-state index contributed by atoms with van der Waals surface area (Å²) in [4.78, 5) is 14.4. The molecule has 0 aromatic carbocycles. The van der Waals surface area contributed by atoms with Crippen molar-refractivity contribution < 1.29 is 18.8 Å². The van der Waals surface area contributed by atoms with E-state index >= 15 is 0 Å². The Morgan fingerprint density at radius 2 is 1.75 bits per heavy atom. The van der Waals surface area contributed by atoms with Crippen molar-refractivity contribution in [1.82, 2.24) is 4.90 Å².